The molecule has 0 saturated heterocycles. The van der Waals surface area contributed by atoms with E-state index in [9.17, 15) is 9.59 Å². The molecule has 0 bridgehead atoms. The SMILES string of the molecule is COc1cccc(C(=O)N(Cc2cccnc2)Cc2cc3cccc(C)c3[nH]c2=O)c1. The van der Waals surface area contributed by atoms with Gasteiger partial charge in [-0.15, -0.1) is 0 Å². The summed E-state index contributed by atoms with van der Waals surface area (Å²) < 4.78 is 5.26. The van der Waals surface area contributed by atoms with Crippen molar-refractivity contribution in [3.05, 3.63) is 106 Å². The Balaban J connectivity index is 1.72. The van der Waals surface area contributed by atoms with E-state index in [0.29, 0.717) is 23.4 Å². The Kier molecular flexibility index (Phi) is 5.80. The topological polar surface area (TPSA) is 75.3 Å². The van der Waals surface area contributed by atoms with Gasteiger partial charge in [-0.2, -0.15) is 0 Å². The molecule has 2 aromatic carbocycles. The van der Waals surface area contributed by atoms with Crippen LogP contribution < -0.4 is 10.3 Å². The molecule has 0 aliphatic carbocycles. The predicted octanol–water partition coefficient (Wildman–Crippen LogP) is 4.08. The van der Waals surface area contributed by atoms with Crippen LogP contribution in [0.3, 0.4) is 0 Å². The molecule has 0 aliphatic rings. The van der Waals surface area contributed by atoms with E-state index in [1.54, 1.807) is 48.7 Å². The molecule has 4 rings (SSSR count). The summed E-state index contributed by atoms with van der Waals surface area (Å²) in [6.45, 7) is 2.46. The number of para-hydroxylation sites is 1. The van der Waals surface area contributed by atoms with Gasteiger partial charge in [0.05, 0.1) is 19.2 Å². The number of ether oxygens (including phenoxy) is 1. The number of rotatable bonds is 6. The molecule has 1 amide bonds. The highest BCUT2D eigenvalue weighted by molar-refractivity contribution is 5.94. The molecule has 0 fully saturated rings. The second kappa shape index (κ2) is 8.83. The number of hydrogen-bond acceptors (Lipinski definition) is 4. The Morgan fingerprint density at radius 2 is 1.90 bits per heavy atom. The molecular weight excluding hydrogens is 390 g/mol. The third kappa shape index (κ3) is 4.48. The quantitative estimate of drug-likeness (QED) is 0.517. The molecule has 2 heterocycles. The maximum absolute atomic E-state index is 13.4. The number of aryl methyl sites for hydroxylation is 1. The average molecular weight is 413 g/mol. The number of nitrogens with one attached hydrogen (secondary N) is 1. The molecule has 156 valence electrons. The van der Waals surface area contributed by atoms with Crippen LogP contribution in [0.5, 0.6) is 5.75 Å². The number of benzene rings is 2. The van der Waals surface area contributed by atoms with E-state index in [4.69, 9.17) is 4.74 Å². The first-order chi connectivity index (χ1) is 15.0. The number of nitrogens with zero attached hydrogens (tertiary/aromatic N) is 2. The van der Waals surface area contributed by atoms with Crippen LogP contribution in [0.15, 0.2) is 77.9 Å². The van der Waals surface area contributed by atoms with Crippen molar-refractivity contribution in [2.75, 3.05) is 7.11 Å². The number of carbonyl (C=O) groups is 1. The fraction of sp³-hybridized carbons (Fsp3) is 0.160. The fourth-order valence-corrected chi connectivity index (χ4v) is 3.60. The molecule has 0 atom stereocenters. The lowest BCUT2D eigenvalue weighted by Gasteiger charge is -2.23. The van der Waals surface area contributed by atoms with Gasteiger partial charge < -0.3 is 14.6 Å². The van der Waals surface area contributed by atoms with E-state index in [1.807, 2.05) is 43.3 Å². The standard InChI is InChI=1S/C25H23N3O3/c1-17-6-3-8-19-12-21(24(29)27-23(17)19)16-28(15-18-7-5-11-26-14-18)25(30)20-9-4-10-22(13-20)31-2/h3-14H,15-16H2,1-2H3,(H,27,29). The number of amides is 1. The van der Waals surface area contributed by atoms with E-state index in [1.165, 1.54) is 0 Å². The summed E-state index contributed by atoms with van der Waals surface area (Å²) in [6, 6.07) is 18.5. The normalized spacial score (nSPS) is 10.8. The Hall–Kier alpha value is -3.93. The fourth-order valence-electron chi connectivity index (χ4n) is 3.60. The zero-order valence-electron chi connectivity index (χ0n) is 17.5. The molecule has 0 saturated carbocycles. The minimum atomic E-state index is -0.198. The number of aromatic amines is 1. The van der Waals surface area contributed by atoms with Crippen LogP contribution in [0, 0.1) is 6.92 Å². The number of methoxy groups -OCH3 is 1. The average Bonchev–Trinajstić information content (AvgIpc) is 2.80. The Labute approximate surface area is 180 Å². The van der Waals surface area contributed by atoms with Gasteiger partial charge >= 0.3 is 0 Å². The van der Waals surface area contributed by atoms with Gasteiger partial charge in [0.1, 0.15) is 5.75 Å². The molecule has 1 N–H and O–H groups in total. The molecule has 6 nitrogen and oxygen atoms in total. The van der Waals surface area contributed by atoms with Crippen LogP contribution >= 0.6 is 0 Å². The summed E-state index contributed by atoms with van der Waals surface area (Å²) in [5.74, 6) is 0.415. The predicted molar refractivity (Wildman–Crippen MR) is 120 cm³/mol. The van der Waals surface area contributed by atoms with Gasteiger partial charge in [0.25, 0.3) is 11.5 Å². The number of H-pyrrole nitrogens is 1. The number of carbonyl (C=O) groups excluding carboxylic acids is 1. The van der Waals surface area contributed by atoms with Crippen LogP contribution in [-0.4, -0.2) is 27.9 Å². The largest absolute Gasteiger partial charge is 0.497 e. The van der Waals surface area contributed by atoms with Gasteiger partial charge in [-0.05, 0) is 53.8 Å². The Morgan fingerprint density at radius 3 is 2.68 bits per heavy atom. The van der Waals surface area contributed by atoms with E-state index in [-0.39, 0.29) is 18.0 Å². The third-order valence-electron chi connectivity index (χ3n) is 5.23. The molecule has 0 spiro atoms. The first kappa shape index (κ1) is 20.3. The van der Waals surface area contributed by atoms with Crippen molar-refractivity contribution in [1.82, 2.24) is 14.9 Å². The van der Waals surface area contributed by atoms with Gasteiger partial charge in [-0.25, -0.2) is 0 Å². The molecule has 2 aromatic heterocycles. The first-order valence-corrected chi connectivity index (χ1v) is 9.99. The highest BCUT2D eigenvalue weighted by atomic mass is 16.5. The molecule has 6 heteroatoms. The lowest BCUT2D eigenvalue weighted by molar-refractivity contribution is 0.0729. The number of pyridine rings is 2. The molecule has 0 aliphatic heterocycles. The summed E-state index contributed by atoms with van der Waals surface area (Å²) in [7, 11) is 1.56. The van der Waals surface area contributed by atoms with Crippen LogP contribution in [0.25, 0.3) is 10.9 Å². The lowest BCUT2D eigenvalue weighted by atomic mass is 10.1. The summed E-state index contributed by atoms with van der Waals surface area (Å²) in [5, 5.41) is 0.935. The second-order valence-electron chi connectivity index (χ2n) is 7.42. The lowest BCUT2D eigenvalue weighted by Crippen LogP contribution is -2.32. The zero-order chi connectivity index (χ0) is 21.8. The van der Waals surface area contributed by atoms with Crippen molar-refractivity contribution in [1.29, 1.82) is 0 Å². The van der Waals surface area contributed by atoms with Gasteiger partial charge in [-0.1, -0.05) is 30.3 Å². The van der Waals surface area contributed by atoms with E-state index in [0.717, 1.165) is 22.0 Å². The van der Waals surface area contributed by atoms with Gasteiger partial charge in [-0.3, -0.25) is 14.6 Å². The van der Waals surface area contributed by atoms with Crippen molar-refractivity contribution in [2.24, 2.45) is 0 Å². The zero-order valence-corrected chi connectivity index (χ0v) is 17.5. The minimum absolute atomic E-state index is 0.171. The van der Waals surface area contributed by atoms with E-state index >= 15 is 0 Å². The first-order valence-electron chi connectivity index (χ1n) is 9.99. The summed E-state index contributed by atoms with van der Waals surface area (Å²) in [5.41, 5.74) is 3.52. The monoisotopic (exact) mass is 413 g/mol. The summed E-state index contributed by atoms with van der Waals surface area (Å²) in [6.07, 6.45) is 3.41. The van der Waals surface area contributed by atoms with Crippen LogP contribution in [0.4, 0.5) is 0 Å². The maximum atomic E-state index is 13.4. The number of hydrogen-bond donors (Lipinski definition) is 1. The van der Waals surface area contributed by atoms with Crippen molar-refractivity contribution in [3.8, 4) is 5.75 Å². The summed E-state index contributed by atoms with van der Waals surface area (Å²) >= 11 is 0. The van der Waals surface area contributed by atoms with Crippen LogP contribution in [0.2, 0.25) is 0 Å². The smallest absolute Gasteiger partial charge is 0.254 e. The Bertz CT molecular complexity index is 1280. The van der Waals surface area contributed by atoms with Gasteiger partial charge in [0.15, 0.2) is 0 Å². The van der Waals surface area contributed by atoms with Crippen LogP contribution in [-0.2, 0) is 13.1 Å². The van der Waals surface area contributed by atoms with Crippen molar-refractivity contribution < 1.29 is 9.53 Å². The second-order valence-corrected chi connectivity index (χ2v) is 7.42. The number of aromatic nitrogens is 2. The van der Waals surface area contributed by atoms with Crippen molar-refractivity contribution >= 4 is 16.8 Å². The Morgan fingerprint density at radius 1 is 1.06 bits per heavy atom. The highest BCUT2D eigenvalue weighted by Gasteiger charge is 2.19. The van der Waals surface area contributed by atoms with Crippen LogP contribution in [0.1, 0.15) is 27.0 Å². The van der Waals surface area contributed by atoms with E-state index in [2.05, 4.69) is 9.97 Å². The van der Waals surface area contributed by atoms with Gasteiger partial charge in [0, 0.05) is 30.1 Å². The summed E-state index contributed by atoms with van der Waals surface area (Å²) in [4.78, 5) is 35.0. The highest BCUT2D eigenvalue weighted by Crippen LogP contribution is 2.19. The molecule has 0 radical (unpaired) electrons. The van der Waals surface area contributed by atoms with E-state index < -0.39 is 0 Å². The number of fused-ring (bicyclic) bond motifs is 1. The molecule has 0 unspecified atom stereocenters. The van der Waals surface area contributed by atoms with Gasteiger partial charge in [0.2, 0.25) is 0 Å². The molecule has 31 heavy (non-hydrogen) atoms. The minimum Gasteiger partial charge on any atom is -0.497 e. The van der Waals surface area contributed by atoms with Crippen molar-refractivity contribution in [3.63, 3.8) is 0 Å². The molecular formula is C25H23N3O3. The van der Waals surface area contributed by atoms with Crippen molar-refractivity contribution in [2.45, 2.75) is 20.0 Å². The maximum Gasteiger partial charge on any atom is 0.254 e. The third-order valence-corrected chi connectivity index (χ3v) is 5.23. The molecule has 4 aromatic rings.